The second kappa shape index (κ2) is 7.03. The zero-order chi connectivity index (χ0) is 17.1. The van der Waals surface area contributed by atoms with Crippen LogP contribution in [-0.4, -0.2) is 11.7 Å². The van der Waals surface area contributed by atoms with Crippen LogP contribution in [0.3, 0.4) is 0 Å². The Hall–Kier alpha value is -2.72. The van der Waals surface area contributed by atoms with Crippen molar-refractivity contribution in [1.82, 2.24) is 0 Å². The molecule has 0 saturated carbocycles. The summed E-state index contributed by atoms with van der Waals surface area (Å²) >= 11 is 1.64. The summed E-state index contributed by atoms with van der Waals surface area (Å²) in [5, 5.41) is -0.0331. The monoisotopic (exact) mass is 347 g/mol. The maximum atomic E-state index is 12.6. The largest absolute Gasteiger partial charge is 0.455 e. The first-order valence-electron chi connectivity index (χ1n) is 8.13. The number of hydrogen-bond acceptors (Lipinski definition) is 3. The number of benzene rings is 3. The fraction of sp³-hybridized carbons (Fsp3) is 0.0952. The lowest BCUT2D eigenvalue weighted by Crippen LogP contribution is -2.28. The maximum Gasteiger partial charge on any atom is 0.238 e. The van der Waals surface area contributed by atoms with E-state index in [1.54, 1.807) is 11.8 Å². The van der Waals surface area contributed by atoms with Crippen LogP contribution in [0.15, 0.2) is 84.9 Å². The molecule has 25 heavy (non-hydrogen) atoms. The number of hydrogen-bond donors (Lipinski definition) is 0. The number of nitrogens with zero attached hydrogens (tertiary/aromatic N) is 1. The van der Waals surface area contributed by atoms with Gasteiger partial charge in [-0.15, -0.1) is 11.8 Å². The van der Waals surface area contributed by atoms with Gasteiger partial charge in [-0.05, 0) is 29.8 Å². The lowest BCUT2D eigenvalue weighted by molar-refractivity contribution is -0.115. The number of amides is 1. The molecule has 1 unspecified atom stereocenters. The van der Waals surface area contributed by atoms with Crippen LogP contribution < -0.4 is 9.64 Å². The SMILES string of the molecule is O=C1CSC(c2ccccc2)N1c1ccccc1Oc1ccccc1. The van der Waals surface area contributed by atoms with Crippen molar-refractivity contribution >= 4 is 23.4 Å². The smallest absolute Gasteiger partial charge is 0.238 e. The fourth-order valence-electron chi connectivity index (χ4n) is 2.91. The molecule has 1 aliphatic heterocycles. The van der Waals surface area contributed by atoms with E-state index in [2.05, 4.69) is 12.1 Å². The van der Waals surface area contributed by atoms with Crippen molar-refractivity contribution in [2.24, 2.45) is 0 Å². The van der Waals surface area contributed by atoms with Crippen LogP contribution >= 0.6 is 11.8 Å². The highest BCUT2D eigenvalue weighted by Crippen LogP contribution is 2.45. The predicted octanol–water partition coefficient (Wildman–Crippen LogP) is 5.26. The maximum absolute atomic E-state index is 12.6. The van der Waals surface area contributed by atoms with Gasteiger partial charge in [-0.25, -0.2) is 0 Å². The van der Waals surface area contributed by atoms with E-state index in [-0.39, 0.29) is 11.3 Å². The average Bonchev–Trinajstić information content (AvgIpc) is 3.05. The molecule has 4 rings (SSSR count). The van der Waals surface area contributed by atoms with Gasteiger partial charge in [0.1, 0.15) is 11.1 Å². The lowest BCUT2D eigenvalue weighted by atomic mass is 10.2. The molecule has 1 amide bonds. The molecule has 124 valence electrons. The molecule has 0 spiro atoms. The minimum atomic E-state index is -0.0331. The zero-order valence-electron chi connectivity index (χ0n) is 13.5. The quantitative estimate of drug-likeness (QED) is 0.645. The molecule has 0 aliphatic carbocycles. The summed E-state index contributed by atoms with van der Waals surface area (Å²) in [5.74, 6) is 2.01. The molecule has 1 atom stereocenters. The predicted molar refractivity (Wildman–Crippen MR) is 102 cm³/mol. The third-order valence-electron chi connectivity index (χ3n) is 4.05. The highest BCUT2D eigenvalue weighted by Gasteiger charge is 2.35. The van der Waals surface area contributed by atoms with Gasteiger partial charge < -0.3 is 4.74 Å². The number of anilines is 1. The summed E-state index contributed by atoms with van der Waals surface area (Å²) in [7, 11) is 0. The molecule has 3 aromatic carbocycles. The van der Waals surface area contributed by atoms with Gasteiger partial charge in [-0.3, -0.25) is 9.69 Å². The molecule has 0 N–H and O–H groups in total. The van der Waals surface area contributed by atoms with Crippen LogP contribution in [0, 0.1) is 0 Å². The van der Waals surface area contributed by atoms with Gasteiger partial charge in [0.15, 0.2) is 5.75 Å². The van der Waals surface area contributed by atoms with E-state index in [1.165, 1.54) is 0 Å². The van der Waals surface area contributed by atoms with Gasteiger partial charge in [0.05, 0.1) is 11.4 Å². The molecular weight excluding hydrogens is 330 g/mol. The minimum absolute atomic E-state index is 0.0331. The van der Waals surface area contributed by atoms with E-state index in [0.29, 0.717) is 11.5 Å². The van der Waals surface area contributed by atoms with Gasteiger partial charge >= 0.3 is 0 Å². The van der Waals surface area contributed by atoms with Crippen molar-refractivity contribution in [3.8, 4) is 11.5 Å². The Morgan fingerprint density at radius 2 is 1.48 bits per heavy atom. The molecule has 3 aromatic rings. The fourth-order valence-corrected chi connectivity index (χ4v) is 4.08. The zero-order valence-corrected chi connectivity index (χ0v) is 14.4. The molecule has 1 heterocycles. The van der Waals surface area contributed by atoms with Crippen LogP contribution in [0.25, 0.3) is 0 Å². The first kappa shape index (κ1) is 15.8. The Morgan fingerprint density at radius 3 is 2.24 bits per heavy atom. The lowest BCUT2D eigenvalue weighted by Gasteiger charge is -2.26. The van der Waals surface area contributed by atoms with Gasteiger partial charge in [0.25, 0.3) is 0 Å². The summed E-state index contributed by atoms with van der Waals surface area (Å²) in [5.41, 5.74) is 1.92. The Kier molecular flexibility index (Phi) is 4.44. The van der Waals surface area contributed by atoms with Crippen LogP contribution in [0.1, 0.15) is 10.9 Å². The minimum Gasteiger partial charge on any atom is -0.455 e. The first-order valence-corrected chi connectivity index (χ1v) is 9.18. The molecule has 3 nitrogen and oxygen atoms in total. The van der Waals surface area contributed by atoms with Gasteiger partial charge in [0, 0.05) is 0 Å². The van der Waals surface area contributed by atoms with Gasteiger partial charge in [-0.1, -0.05) is 60.7 Å². The van der Waals surface area contributed by atoms with Crippen LogP contribution in [-0.2, 0) is 4.79 Å². The highest BCUT2D eigenvalue weighted by atomic mass is 32.2. The third kappa shape index (κ3) is 3.26. The van der Waals surface area contributed by atoms with Crippen molar-refractivity contribution in [2.75, 3.05) is 10.7 Å². The topological polar surface area (TPSA) is 29.5 Å². The Bertz CT molecular complexity index is 867. The number of carbonyl (C=O) groups is 1. The summed E-state index contributed by atoms with van der Waals surface area (Å²) < 4.78 is 6.05. The van der Waals surface area contributed by atoms with Crippen molar-refractivity contribution in [3.05, 3.63) is 90.5 Å². The Balaban J connectivity index is 1.72. The molecule has 1 saturated heterocycles. The Labute approximate surface area is 151 Å². The standard InChI is InChI=1S/C21H17NO2S/c23-20-15-25-21(16-9-3-1-4-10-16)22(20)18-13-7-8-14-19(18)24-17-11-5-2-6-12-17/h1-14,21H,15H2. The van der Waals surface area contributed by atoms with E-state index in [9.17, 15) is 4.79 Å². The van der Waals surface area contributed by atoms with E-state index < -0.39 is 0 Å². The average molecular weight is 347 g/mol. The number of carbonyl (C=O) groups excluding carboxylic acids is 1. The number of thioether (sulfide) groups is 1. The van der Waals surface area contributed by atoms with Crippen LogP contribution in [0.5, 0.6) is 11.5 Å². The van der Waals surface area contributed by atoms with Crippen molar-refractivity contribution < 1.29 is 9.53 Å². The second-order valence-corrected chi connectivity index (χ2v) is 6.79. The summed E-state index contributed by atoms with van der Waals surface area (Å²) in [4.78, 5) is 14.5. The molecule has 1 aliphatic rings. The van der Waals surface area contributed by atoms with Crippen LogP contribution in [0.4, 0.5) is 5.69 Å². The normalized spacial score (nSPS) is 16.9. The van der Waals surface area contributed by atoms with E-state index in [0.717, 1.165) is 17.0 Å². The molecule has 0 radical (unpaired) electrons. The summed E-state index contributed by atoms with van der Waals surface area (Å²) in [6.07, 6.45) is 0. The number of para-hydroxylation sites is 3. The number of ether oxygens (including phenoxy) is 1. The van der Waals surface area contributed by atoms with Crippen LogP contribution in [0.2, 0.25) is 0 Å². The second-order valence-electron chi connectivity index (χ2n) is 5.72. The summed E-state index contributed by atoms with van der Waals surface area (Å²) in [6.45, 7) is 0. The highest BCUT2D eigenvalue weighted by molar-refractivity contribution is 8.00. The Morgan fingerprint density at radius 1 is 0.840 bits per heavy atom. The molecule has 0 bridgehead atoms. The first-order chi connectivity index (χ1) is 12.3. The van der Waals surface area contributed by atoms with E-state index in [1.807, 2.05) is 77.7 Å². The van der Waals surface area contributed by atoms with E-state index >= 15 is 0 Å². The number of rotatable bonds is 4. The molecular formula is C21H17NO2S. The summed E-state index contributed by atoms with van der Waals surface area (Å²) in [6, 6.07) is 27.4. The van der Waals surface area contributed by atoms with Crippen molar-refractivity contribution in [1.29, 1.82) is 0 Å². The molecule has 4 heteroatoms. The molecule has 1 fully saturated rings. The van der Waals surface area contributed by atoms with Gasteiger partial charge in [0.2, 0.25) is 5.91 Å². The van der Waals surface area contributed by atoms with Crippen molar-refractivity contribution in [2.45, 2.75) is 5.37 Å². The van der Waals surface area contributed by atoms with Crippen molar-refractivity contribution in [3.63, 3.8) is 0 Å². The van der Waals surface area contributed by atoms with E-state index in [4.69, 9.17) is 4.74 Å². The van der Waals surface area contributed by atoms with Gasteiger partial charge in [-0.2, -0.15) is 0 Å². The molecule has 0 aromatic heterocycles. The third-order valence-corrected chi connectivity index (χ3v) is 5.26.